The van der Waals surface area contributed by atoms with Gasteiger partial charge in [0.05, 0.1) is 84.3 Å². The molecule has 20 nitrogen and oxygen atoms in total. The predicted molar refractivity (Wildman–Crippen MR) is 338 cm³/mol. The Bertz CT molecular complexity index is 3940. The first-order chi connectivity index (χ1) is 41.9. The maximum Gasteiger partial charge on any atom is 0.494 e. The molecule has 2 N–H and O–H groups in total. The van der Waals surface area contributed by atoms with E-state index in [4.69, 9.17) is 49.3 Å². The van der Waals surface area contributed by atoms with Crippen LogP contribution >= 0.6 is 11.6 Å². The summed E-state index contributed by atoms with van der Waals surface area (Å²) in [5.74, 6) is 1.16. The van der Waals surface area contributed by atoms with Crippen molar-refractivity contribution in [1.29, 1.82) is 0 Å². The molecule has 462 valence electrons. The van der Waals surface area contributed by atoms with E-state index in [0.717, 1.165) is 137 Å². The number of H-pyrrole nitrogens is 1. The fraction of sp³-hybridized carbons (Fsp3) is 0.424. The summed E-state index contributed by atoms with van der Waals surface area (Å²) in [7, 11) is -0.349. The Hall–Kier alpha value is -7.63. The molecule has 13 rings (SSSR count). The van der Waals surface area contributed by atoms with Gasteiger partial charge in [-0.2, -0.15) is 0 Å². The molecule has 88 heavy (non-hydrogen) atoms. The zero-order chi connectivity index (χ0) is 62.3. The topological polar surface area (TPSA) is 210 Å². The molecule has 4 aromatic heterocycles. The molecule has 3 amide bonds. The molecule has 0 saturated carbocycles. The highest BCUT2D eigenvalue weighted by Gasteiger charge is 2.52. The number of pyridine rings is 2. The van der Waals surface area contributed by atoms with Gasteiger partial charge in [0.2, 0.25) is 0 Å². The highest BCUT2D eigenvalue weighted by atomic mass is 35.5. The average molecular weight is 1220 g/mol. The Labute approximate surface area is 517 Å². The van der Waals surface area contributed by atoms with Crippen LogP contribution < -0.4 is 20.3 Å². The normalized spacial score (nSPS) is 17.5. The first-order valence-corrected chi connectivity index (χ1v) is 30.3. The standard InChI is InChI=1S/C25H24N4O3.C23H24ClN3O5.C18H28BNO4/c30-25-23-19-5-4-17-14-26-21(13-20(17)24(19)28-22(23)15-27-25)16-2-1-3-18(12-16)32-11-8-29-6-9-31-10-7-29;1-22(2,3)31-20(29)26-11-15-17(19(26)28)13-8-7-12-10-25-16(24)9-14(12)18(13)27(15)21(30)32-23(4,5)6;1-17(2)18(3,4)24-19(23-17)15-6-5-7-16(14-15)22-13-10-20-8-11-21-12-9-20/h1-5,12-14,28H,6-11,15H2,(H,27,30);7-10H,11H2,1-6H3;5-7,14H,8-13H2,1-4H3. The van der Waals surface area contributed by atoms with E-state index in [0.29, 0.717) is 41.7 Å². The molecular weight excluding hydrogens is 1140 g/mol. The van der Waals surface area contributed by atoms with E-state index in [9.17, 15) is 19.2 Å². The van der Waals surface area contributed by atoms with Crippen LogP contribution in [0, 0.1) is 0 Å². The molecule has 0 aliphatic carbocycles. The number of hydrogen-bond donors (Lipinski definition) is 2. The van der Waals surface area contributed by atoms with Crippen LogP contribution in [-0.2, 0) is 41.3 Å². The third-order valence-electron chi connectivity index (χ3n) is 16.3. The van der Waals surface area contributed by atoms with E-state index in [1.165, 1.54) is 4.57 Å². The first kappa shape index (κ1) is 62.0. The predicted octanol–water partition coefficient (Wildman–Crippen LogP) is 10.6. The van der Waals surface area contributed by atoms with Gasteiger partial charge in [0.1, 0.15) is 41.1 Å². The second-order valence-electron chi connectivity index (χ2n) is 25.4. The lowest BCUT2D eigenvalue weighted by Gasteiger charge is -2.32. The lowest BCUT2D eigenvalue weighted by molar-refractivity contribution is 0.00578. The summed E-state index contributed by atoms with van der Waals surface area (Å²) < 4.78 is 47.3. The van der Waals surface area contributed by atoms with Crippen molar-refractivity contribution in [3.8, 4) is 22.8 Å². The van der Waals surface area contributed by atoms with Crippen molar-refractivity contribution in [2.75, 3.05) is 78.9 Å². The second-order valence-corrected chi connectivity index (χ2v) is 25.8. The number of imide groups is 1. The largest absolute Gasteiger partial charge is 0.494 e. The minimum absolute atomic E-state index is 0.0122. The minimum Gasteiger partial charge on any atom is -0.492 e. The molecule has 4 aromatic carbocycles. The fourth-order valence-electron chi connectivity index (χ4n) is 11.2. The highest BCUT2D eigenvalue weighted by Crippen LogP contribution is 2.40. The van der Waals surface area contributed by atoms with Crippen LogP contribution in [0.3, 0.4) is 0 Å². The summed E-state index contributed by atoms with van der Waals surface area (Å²) >= 11 is 6.13. The van der Waals surface area contributed by atoms with Crippen LogP contribution in [-0.4, -0.2) is 167 Å². The lowest BCUT2D eigenvalue weighted by atomic mass is 9.79. The molecule has 0 bridgehead atoms. The number of aromatic nitrogens is 4. The number of fused-ring (bicyclic) bond motifs is 10. The highest BCUT2D eigenvalue weighted by molar-refractivity contribution is 6.62. The molecule has 5 aliphatic rings. The zero-order valence-electron chi connectivity index (χ0n) is 51.7. The fourth-order valence-corrected chi connectivity index (χ4v) is 11.3. The van der Waals surface area contributed by atoms with Crippen molar-refractivity contribution in [3.05, 3.63) is 125 Å². The quantitative estimate of drug-likeness (QED) is 0.0963. The number of ether oxygens (including phenoxy) is 6. The minimum atomic E-state index is -0.771. The van der Waals surface area contributed by atoms with E-state index in [1.807, 2.05) is 66.9 Å². The Morgan fingerprint density at radius 3 is 1.89 bits per heavy atom. The third kappa shape index (κ3) is 13.5. The van der Waals surface area contributed by atoms with Gasteiger partial charge in [-0.15, -0.1) is 0 Å². The van der Waals surface area contributed by atoms with Crippen LogP contribution in [0.2, 0.25) is 5.15 Å². The van der Waals surface area contributed by atoms with Gasteiger partial charge in [0, 0.05) is 95.2 Å². The second kappa shape index (κ2) is 25.1. The van der Waals surface area contributed by atoms with E-state index in [2.05, 4.69) is 63.8 Å². The Morgan fingerprint density at radius 1 is 0.670 bits per heavy atom. The maximum atomic E-state index is 13.3. The monoisotopic (exact) mass is 1220 g/mol. The van der Waals surface area contributed by atoms with Crippen LogP contribution in [0.15, 0.2) is 97.3 Å². The number of amides is 3. The lowest BCUT2D eigenvalue weighted by Crippen LogP contribution is -2.41. The number of nitrogens with zero attached hydrogens (tertiary/aromatic N) is 6. The number of hydrogen-bond acceptors (Lipinski definition) is 16. The molecule has 9 heterocycles. The van der Waals surface area contributed by atoms with Crippen LogP contribution in [0.4, 0.5) is 9.59 Å². The van der Waals surface area contributed by atoms with Crippen molar-refractivity contribution in [1.82, 2.24) is 39.5 Å². The Balaban J connectivity index is 0.000000138. The Kier molecular flexibility index (Phi) is 17.7. The van der Waals surface area contributed by atoms with Gasteiger partial charge in [-0.1, -0.05) is 60.1 Å². The molecule has 0 radical (unpaired) electrons. The van der Waals surface area contributed by atoms with E-state index >= 15 is 0 Å². The molecule has 3 fully saturated rings. The smallest absolute Gasteiger partial charge is 0.492 e. The van der Waals surface area contributed by atoms with Gasteiger partial charge in [0.15, 0.2) is 0 Å². The van der Waals surface area contributed by atoms with Crippen molar-refractivity contribution in [2.24, 2.45) is 0 Å². The van der Waals surface area contributed by atoms with Crippen LogP contribution in [0.1, 0.15) is 101 Å². The molecule has 3 saturated heterocycles. The van der Waals surface area contributed by atoms with Crippen LogP contribution in [0.5, 0.6) is 11.5 Å². The Morgan fingerprint density at radius 2 is 1.25 bits per heavy atom. The molecule has 8 aromatic rings. The molecular formula is C66H76BClN8O12. The van der Waals surface area contributed by atoms with Gasteiger partial charge in [-0.25, -0.2) is 24.0 Å². The van der Waals surface area contributed by atoms with Gasteiger partial charge in [0.25, 0.3) is 11.8 Å². The summed E-state index contributed by atoms with van der Waals surface area (Å²) in [6.07, 6.45) is 2.07. The molecule has 0 unspecified atom stereocenters. The summed E-state index contributed by atoms with van der Waals surface area (Å²) in [5.41, 5.74) is 4.51. The SMILES string of the molecule is CC(C)(C)OC(=O)N1Cc2c(c3ccc4cnc(Cl)cc4c3n2C(=O)OC(C)(C)C)C1=O.CC1(C)OB(c2cccc(OCCN3CCOCC3)c2)OC1(C)C.O=C1NCc2[nH]c3c(ccc4cnc(-c5cccc(OCCN6CCOCC6)c5)cc43)c21. The van der Waals surface area contributed by atoms with Gasteiger partial charge in [-0.3, -0.25) is 24.4 Å². The number of nitrogens with one attached hydrogen (secondary N) is 2. The average Bonchev–Trinajstić information content (AvgIpc) is 1.59. The molecule has 22 heteroatoms. The van der Waals surface area contributed by atoms with E-state index in [1.54, 1.807) is 65.9 Å². The number of morpholine rings is 2. The maximum absolute atomic E-state index is 13.3. The van der Waals surface area contributed by atoms with Gasteiger partial charge < -0.3 is 48.0 Å². The van der Waals surface area contributed by atoms with E-state index < -0.39 is 29.3 Å². The molecule has 5 aliphatic heterocycles. The number of carbonyl (C=O) groups excluding carboxylic acids is 4. The summed E-state index contributed by atoms with van der Waals surface area (Å²) in [5, 5.41) is 8.12. The summed E-state index contributed by atoms with van der Waals surface area (Å²) in [6.45, 7) is 29.4. The summed E-state index contributed by atoms with van der Waals surface area (Å²) in [6, 6.07) is 27.4. The number of carbonyl (C=O) groups is 4. The van der Waals surface area contributed by atoms with Crippen molar-refractivity contribution >= 4 is 91.5 Å². The number of aromatic amines is 1. The number of rotatable bonds is 10. The number of benzene rings is 4. The van der Waals surface area contributed by atoms with Crippen molar-refractivity contribution in [3.63, 3.8) is 0 Å². The van der Waals surface area contributed by atoms with Gasteiger partial charge in [-0.05, 0) is 111 Å². The zero-order valence-corrected chi connectivity index (χ0v) is 52.4. The molecule has 0 spiro atoms. The number of halogens is 1. The molecule has 0 atom stereocenters. The van der Waals surface area contributed by atoms with E-state index in [-0.39, 0.29) is 41.5 Å². The van der Waals surface area contributed by atoms with Gasteiger partial charge >= 0.3 is 19.3 Å². The third-order valence-corrected chi connectivity index (χ3v) is 16.5. The van der Waals surface area contributed by atoms with Crippen molar-refractivity contribution < 1.29 is 56.9 Å². The summed E-state index contributed by atoms with van der Waals surface area (Å²) in [4.78, 5) is 69.4. The van der Waals surface area contributed by atoms with Crippen molar-refractivity contribution in [2.45, 2.75) is 105 Å². The first-order valence-electron chi connectivity index (χ1n) is 29.9. The van der Waals surface area contributed by atoms with Crippen LogP contribution in [0.25, 0.3) is 54.6 Å².